The molecule has 0 aromatic rings. The van der Waals surface area contributed by atoms with E-state index in [2.05, 4.69) is 38.7 Å². The normalized spacial score (nSPS) is 10.2. The Balaban J connectivity index is 0. The fourth-order valence-electron chi connectivity index (χ4n) is 2.98. The molecule has 0 amide bonds. The van der Waals surface area contributed by atoms with Crippen LogP contribution in [0.3, 0.4) is 0 Å². The molecular weight excluding hydrogens is 414 g/mol. The molecule has 3 nitrogen and oxygen atoms in total. The lowest BCUT2D eigenvalue weighted by atomic mass is 10.1. The molecule has 0 unspecified atom stereocenters. The third kappa shape index (κ3) is 23.4. The van der Waals surface area contributed by atoms with Crippen LogP contribution in [0.25, 0.3) is 0 Å². The Morgan fingerprint density at radius 2 is 1.50 bits per heavy atom. The van der Waals surface area contributed by atoms with Gasteiger partial charge in [-0.25, -0.2) is 0 Å². The Hall–Kier alpha value is -0.610. The lowest BCUT2D eigenvalue weighted by Gasteiger charge is -2.08. The zero-order valence-electron chi connectivity index (χ0n) is 18.8. The SMILES string of the molecule is Br.C=C(CCC=C(C)C)CCOC(=O)CNCCCCCCCCCCCC. The predicted molar refractivity (Wildman–Crippen MR) is 128 cm³/mol. The number of halogens is 1. The third-order valence-corrected chi connectivity index (χ3v) is 4.75. The molecule has 0 spiro atoms. The monoisotopic (exact) mass is 459 g/mol. The van der Waals surface area contributed by atoms with Crippen LogP contribution in [0, 0.1) is 0 Å². The largest absolute Gasteiger partial charge is 0.464 e. The van der Waals surface area contributed by atoms with E-state index in [0.717, 1.165) is 37.8 Å². The van der Waals surface area contributed by atoms with Gasteiger partial charge in [0, 0.05) is 6.42 Å². The molecule has 0 rings (SSSR count). The van der Waals surface area contributed by atoms with E-state index in [1.807, 2.05) is 0 Å². The summed E-state index contributed by atoms with van der Waals surface area (Å²) in [6.07, 6.45) is 18.3. The summed E-state index contributed by atoms with van der Waals surface area (Å²) in [5, 5.41) is 3.19. The minimum Gasteiger partial charge on any atom is -0.464 e. The van der Waals surface area contributed by atoms with Crippen LogP contribution in [-0.2, 0) is 9.53 Å². The number of carbonyl (C=O) groups is 1. The first-order valence-corrected chi connectivity index (χ1v) is 11.2. The molecule has 0 aliphatic rings. The van der Waals surface area contributed by atoms with Crippen molar-refractivity contribution >= 4 is 23.0 Å². The van der Waals surface area contributed by atoms with Crippen molar-refractivity contribution in [1.82, 2.24) is 5.32 Å². The van der Waals surface area contributed by atoms with Gasteiger partial charge in [0.2, 0.25) is 0 Å². The molecule has 4 heteroatoms. The highest BCUT2D eigenvalue weighted by atomic mass is 79.9. The molecule has 0 fully saturated rings. The number of allylic oxidation sites excluding steroid dienone is 2. The van der Waals surface area contributed by atoms with Gasteiger partial charge in [0.15, 0.2) is 0 Å². The zero-order chi connectivity index (χ0) is 20.2. The van der Waals surface area contributed by atoms with Gasteiger partial charge in [-0.15, -0.1) is 17.0 Å². The first kappa shape index (κ1) is 29.6. The standard InChI is InChI=1S/C24H45NO2.BrH/c1-5-6-7-8-9-10-11-12-13-14-19-25-21-24(26)27-20-18-23(4)17-15-16-22(2)3;/h16,25H,4-15,17-21H2,1-3H3;1H. The van der Waals surface area contributed by atoms with E-state index in [-0.39, 0.29) is 23.0 Å². The fourth-order valence-corrected chi connectivity index (χ4v) is 2.98. The van der Waals surface area contributed by atoms with Gasteiger partial charge < -0.3 is 10.1 Å². The molecule has 1 N–H and O–H groups in total. The van der Waals surface area contributed by atoms with Crippen molar-refractivity contribution in [3.8, 4) is 0 Å². The van der Waals surface area contributed by atoms with Gasteiger partial charge in [-0.1, -0.05) is 88.5 Å². The Kier molecular flexibility index (Phi) is 24.0. The van der Waals surface area contributed by atoms with Gasteiger partial charge in [-0.2, -0.15) is 0 Å². The first-order chi connectivity index (χ1) is 13.1. The molecule has 0 atom stereocenters. The first-order valence-electron chi connectivity index (χ1n) is 11.2. The molecule has 28 heavy (non-hydrogen) atoms. The van der Waals surface area contributed by atoms with Gasteiger partial charge in [-0.05, 0) is 39.7 Å². The van der Waals surface area contributed by atoms with Crippen LogP contribution >= 0.6 is 17.0 Å². The molecule has 0 saturated heterocycles. The highest BCUT2D eigenvalue weighted by Crippen LogP contribution is 2.10. The second-order valence-electron chi connectivity index (χ2n) is 7.90. The maximum absolute atomic E-state index is 11.7. The number of rotatable bonds is 19. The minimum absolute atomic E-state index is 0. The van der Waals surface area contributed by atoms with Gasteiger partial charge in [-0.3, -0.25) is 4.79 Å². The molecule has 0 aromatic heterocycles. The average molecular weight is 461 g/mol. The fraction of sp³-hybridized carbons (Fsp3) is 0.792. The van der Waals surface area contributed by atoms with Crippen molar-refractivity contribution in [1.29, 1.82) is 0 Å². The maximum atomic E-state index is 11.7. The topological polar surface area (TPSA) is 38.3 Å². The van der Waals surface area contributed by atoms with Gasteiger partial charge >= 0.3 is 5.97 Å². The summed E-state index contributed by atoms with van der Waals surface area (Å²) in [6, 6.07) is 0. The van der Waals surface area contributed by atoms with Crippen LogP contribution in [0.15, 0.2) is 23.8 Å². The Labute approximate surface area is 185 Å². The lowest BCUT2D eigenvalue weighted by molar-refractivity contribution is -0.142. The van der Waals surface area contributed by atoms with Crippen molar-refractivity contribution in [2.24, 2.45) is 0 Å². The van der Waals surface area contributed by atoms with Crippen LogP contribution in [-0.4, -0.2) is 25.7 Å². The number of unbranched alkanes of at least 4 members (excludes halogenated alkanes) is 9. The summed E-state index contributed by atoms with van der Waals surface area (Å²) in [7, 11) is 0. The predicted octanol–water partition coefficient (Wildman–Crippen LogP) is 7.31. The van der Waals surface area contributed by atoms with Crippen LogP contribution in [0.5, 0.6) is 0 Å². The van der Waals surface area contributed by atoms with Crippen LogP contribution in [0.2, 0.25) is 0 Å². The molecule has 166 valence electrons. The maximum Gasteiger partial charge on any atom is 0.319 e. The van der Waals surface area contributed by atoms with Crippen LogP contribution in [0.4, 0.5) is 0 Å². The quantitative estimate of drug-likeness (QED) is 0.125. The van der Waals surface area contributed by atoms with Crippen molar-refractivity contribution in [3.63, 3.8) is 0 Å². The summed E-state index contributed by atoms with van der Waals surface area (Å²) in [5.74, 6) is -0.154. The van der Waals surface area contributed by atoms with E-state index in [9.17, 15) is 4.79 Å². The van der Waals surface area contributed by atoms with Crippen molar-refractivity contribution < 1.29 is 9.53 Å². The highest BCUT2D eigenvalue weighted by Gasteiger charge is 2.02. The zero-order valence-corrected chi connectivity index (χ0v) is 20.5. The van der Waals surface area contributed by atoms with E-state index >= 15 is 0 Å². The Bertz CT molecular complexity index is 403. The molecule has 0 heterocycles. The summed E-state index contributed by atoms with van der Waals surface area (Å²) in [6.45, 7) is 12.2. The van der Waals surface area contributed by atoms with E-state index in [1.165, 1.54) is 63.4 Å². The van der Waals surface area contributed by atoms with Gasteiger partial charge in [0.05, 0.1) is 13.2 Å². The molecule has 0 aliphatic heterocycles. The van der Waals surface area contributed by atoms with Crippen molar-refractivity contribution in [2.45, 2.75) is 104 Å². The summed E-state index contributed by atoms with van der Waals surface area (Å²) >= 11 is 0. The second-order valence-corrected chi connectivity index (χ2v) is 7.90. The van der Waals surface area contributed by atoms with E-state index in [0.29, 0.717) is 13.2 Å². The molecule has 0 radical (unpaired) electrons. The number of esters is 1. The second kappa shape index (κ2) is 22.7. The minimum atomic E-state index is -0.154. The van der Waals surface area contributed by atoms with E-state index in [4.69, 9.17) is 4.74 Å². The lowest BCUT2D eigenvalue weighted by Crippen LogP contribution is -2.25. The van der Waals surface area contributed by atoms with Crippen molar-refractivity contribution in [3.05, 3.63) is 23.8 Å². The number of hydrogen-bond donors (Lipinski definition) is 1. The number of nitrogens with one attached hydrogen (secondary N) is 1. The van der Waals surface area contributed by atoms with Gasteiger partial charge in [0.1, 0.15) is 0 Å². The molecule has 0 aromatic carbocycles. The molecular formula is C24H46BrNO2. The summed E-state index contributed by atoms with van der Waals surface area (Å²) in [5.41, 5.74) is 2.49. The highest BCUT2D eigenvalue weighted by molar-refractivity contribution is 8.93. The number of carbonyl (C=O) groups excluding carboxylic acids is 1. The van der Waals surface area contributed by atoms with Gasteiger partial charge in [0.25, 0.3) is 0 Å². The number of ether oxygens (including phenoxy) is 1. The smallest absolute Gasteiger partial charge is 0.319 e. The van der Waals surface area contributed by atoms with E-state index in [1.54, 1.807) is 0 Å². The van der Waals surface area contributed by atoms with Crippen LogP contribution < -0.4 is 5.32 Å². The van der Waals surface area contributed by atoms with Crippen molar-refractivity contribution in [2.75, 3.05) is 19.7 Å². The Morgan fingerprint density at radius 3 is 2.07 bits per heavy atom. The van der Waals surface area contributed by atoms with Crippen LogP contribution in [0.1, 0.15) is 104 Å². The molecule has 0 aliphatic carbocycles. The summed E-state index contributed by atoms with van der Waals surface area (Å²) < 4.78 is 5.26. The average Bonchev–Trinajstić information content (AvgIpc) is 2.62. The third-order valence-electron chi connectivity index (χ3n) is 4.75. The molecule has 0 bridgehead atoms. The van der Waals surface area contributed by atoms with E-state index < -0.39 is 0 Å². The molecule has 0 saturated carbocycles. The summed E-state index contributed by atoms with van der Waals surface area (Å²) in [4.78, 5) is 11.7. The number of hydrogen-bond acceptors (Lipinski definition) is 3. The Morgan fingerprint density at radius 1 is 0.929 bits per heavy atom.